The summed E-state index contributed by atoms with van der Waals surface area (Å²) in [4.78, 5) is 5.90. The van der Waals surface area contributed by atoms with Gasteiger partial charge >= 0.3 is 269 Å². The van der Waals surface area contributed by atoms with Gasteiger partial charge in [-0.05, 0) is 0 Å². The van der Waals surface area contributed by atoms with Crippen LogP contribution < -0.4 is 22.5 Å². The molecule has 0 atom stereocenters. The Bertz CT molecular complexity index is 1960. The fourth-order valence-electron chi connectivity index (χ4n) is 6.48. The summed E-state index contributed by atoms with van der Waals surface area (Å²) in [5, 5.41) is 0. The average molecular weight is 649 g/mol. The molecule has 0 aromatic heterocycles. The van der Waals surface area contributed by atoms with Crippen LogP contribution in [-0.2, 0) is 0 Å². The molecule has 46 heavy (non-hydrogen) atoms. The number of hydrogen-bond acceptors (Lipinski definition) is 1. The predicted molar refractivity (Wildman–Crippen MR) is 196 cm³/mol. The summed E-state index contributed by atoms with van der Waals surface area (Å²) < 4.78 is 5.57. The van der Waals surface area contributed by atoms with Crippen molar-refractivity contribution in [3.05, 3.63) is 206 Å². The van der Waals surface area contributed by atoms with E-state index in [1.807, 2.05) is 30.3 Å². The quantitative estimate of drug-likeness (QED) is 0.118. The minimum atomic E-state index is -3.36. The van der Waals surface area contributed by atoms with Crippen molar-refractivity contribution in [2.24, 2.45) is 0 Å². The molecular formula is C43H32GeN2. The van der Waals surface area contributed by atoms with Crippen molar-refractivity contribution in [3.8, 4) is 11.1 Å². The molecule has 0 aliphatic heterocycles. The third-order valence-corrected chi connectivity index (χ3v) is 18.7. The fraction of sp³-hybridized carbons (Fsp3) is 0. The maximum absolute atomic E-state index is 7.47. The van der Waals surface area contributed by atoms with Gasteiger partial charge in [0.2, 0.25) is 0 Å². The molecule has 0 unspecified atom stereocenters. The van der Waals surface area contributed by atoms with Crippen molar-refractivity contribution in [1.29, 1.82) is 0 Å². The number of anilines is 3. The van der Waals surface area contributed by atoms with Gasteiger partial charge < -0.3 is 0 Å². The van der Waals surface area contributed by atoms with Crippen molar-refractivity contribution in [2.45, 2.75) is 0 Å². The zero-order valence-electron chi connectivity index (χ0n) is 25.4. The van der Waals surface area contributed by atoms with Gasteiger partial charge in [0.25, 0.3) is 0 Å². The first kappa shape index (κ1) is 29.1. The standard InChI is InChI=1S/C43H32GeN2/c1-45-40-26-32-43(33-27-40)46(41-28-22-35(23-29-41)34-14-6-2-7-15-34)42-30-24-39(25-31-42)44(36-16-8-3-9-17-36,37-18-10-4-11-19-37)38-20-12-5-13-21-38/h2-33H. The van der Waals surface area contributed by atoms with E-state index in [4.69, 9.17) is 6.57 Å². The van der Waals surface area contributed by atoms with Gasteiger partial charge in [-0.25, -0.2) is 0 Å². The van der Waals surface area contributed by atoms with E-state index in [0.29, 0.717) is 5.69 Å². The summed E-state index contributed by atoms with van der Waals surface area (Å²) in [6, 6.07) is 69.5. The number of benzene rings is 7. The number of rotatable bonds is 8. The monoisotopic (exact) mass is 650 g/mol. The third-order valence-electron chi connectivity index (χ3n) is 8.65. The molecule has 0 amide bonds. The van der Waals surface area contributed by atoms with Crippen LogP contribution in [0.4, 0.5) is 22.7 Å². The normalized spacial score (nSPS) is 11.0. The second-order valence-corrected chi connectivity index (χ2v) is 19.3. The van der Waals surface area contributed by atoms with Crippen molar-refractivity contribution in [1.82, 2.24) is 0 Å². The van der Waals surface area contributed by atoms with Gasteiger partial charge in [0.05, 0.1) is 0 Å². The molecule has 0 bridgehead atoms. The van der Waals surface area contributed by atoms with E-state index in [2.05, 4.69) is 174 Å². The van der Waals surface area contributed by atoms with Crippen molar-refractivity contribution >= 4 is 53.6 Å². The van der Waals surface area contributed by atoms with Gasteiger partial charge in [0.1, 0.15) is 0 Å². The third kappa shape index (κ3) is 5.54. The van der Waals surface area contributed by atoms with Crippen LogP contribution in [0.3, 0.4) is 0 Å². The van der Waals surface area contributed by atoms with E-state index >= 15 is 0 Å². The van der Waals surface area contributed by atoms with Gasteiger partial charge in [-0.1, -0.05) is 6.07 Å². The van der Waals surface area contributed by atoms with Gasteiger partial charge in [-0.15, -0.1) is 0 Å². The van der Waals surface area contributed by atoms with Crippen molar-refractivity contribution < 1.29 is 0 Å². The zero-order chi connectivity index (χ0) is 31.2. The topological polar surface area (TPSA) is 7.60 Å². The molecule has 3 heteroatoms. The second-order valence-electron chi connectivity index (χ2n) is 11.3. The van der Waals surface area contributed by atoms with Crippen LogP contribution in [0.1, 0.15) is 0 Å². The van der Waals surface area contributed by atoms with E-state index in [-0.39, 0.29) is 0 Å². The Labute approximate surface area is 274 Å². The summed E-state index contributed by atoms with van der Waals surface area (Å²) in [6.45, 7) is 7.47. The fourth-order valence-corrected chi connectivity index (χ4v) is 16.4. The molecule has 0 N–H and O–H groups in total. The van der Waals surface area contributed by atoms with Crippen LogP contribution in [0.15, 0.2) is 194 Å². The van der Waals surface area contributed by atoms with E-state index in [0.717, 1.165) is 17.1 Å². The van der Waals surface area contributed by atoms with Crippen molar-refractivity contribution in [3.63, 3.8) is 0 Å². The Morgan fingerprint density at radius 2 is 0.674 bits per heavy atom. The van der Waals surface area contributed by atoms with Gasteiger partial charge in [-0.3, -0.25) is 0 Å². The van der Waals surface area contributed by atoms with Gasteiger partial charge in [-0.2, -0.15) is 0 Å². The van der Waals surface area contributed by atoms with Crippen LogP contribution in [0.2, 0.25) is 0 Å². The van der Waals surface area contributed by atoms with E-state index in [9.17, 15) is 0 Å². The van der Waals surface area contributed by atoms with Crippen LogP contribution in [0.5, 0.6) is 0 Å². The van der Waals surface area contributed by atoms with E-state index < -0.39 is 13.3 Å². The Morgan fingerprint density at radius 1 is 0.348 bits per heavy atom. The molecule has 0 aliphatic carbocycles. The first-order valence-electron chi connectivity index (χ1n) is 15.5. The van der Waals surface area contributed by atoms with E-state index in [1.165, 1.54) is 28.7 Å². The molecule has 7 aromatic rings. The number of hydrogen-bond donors (Lipinski definition) is 0. The first-order valence-corrected chi connectivity index (χ1v) is 19.7. The Balaban J connectivity index is 1.38. The van der Waals surface area contributed by atoms with Crippen LogP contribution in [0.25, 0.3) is 16.0 Å². The summed E-state index contributed by atoms with van der Waals surface area (Å²) in [5.74, 6) is 0. The molecule has 0 saturated heterocycles. The number of nitrogens with zero attached hydrogens (tertiary/aromatic N) is 2. The van der Waals surface area contributed by atoms with Crippen molar-refractivity contribution in [2.75, 3.05) is 4.90 Å². The Morgan fingerprint density at radius 3 is 1.09 bits per heavy atom. The first-order chi connectivity index (χ1) is 22.8. The minimum absolute atomic E-state index is 0.630. The predicted octanol–water partition coefficient (Wildman–Crippen LogP) is 8.75. The molecule has 0 saturated carbocycles. The molecule has 0 fully saturated rings. The van der Waals surface area contributed by atoms with Gasteiger partial charge in [0, 0.05) is 0 Å². The second kappa shape index (κ2) is 13.2. The average Bonchev–Trinajstić information content (AvgIpc) is 3.15. The van der Waals surface area contributed by atoms with Crippen LogP contribution in [-0.4, -0.2) is 13.3 Å². The summed E-state index contributed by atoms with van der Waals surface area (Å²) >= 11 is -3.36. The molecule has 7 aromatic carbocycles. The molecule has 7 rings (SSSR count). The summed E-state index contributed by atoms with van der Waals surface area (Å²) in [6.07, 6.45) is 0. The zero-order valence-corrected chi connectivity index (χ0v) is 27.5. The molecule has 0 radical (unpaired) electrons. The van der Waals surface area contributed by atoms with Gasteiger partial charge in [0.15, 0.2) is 0 Å². The molecule has 0 heterocycles. The summed E-state index contributed by atoms with van der Waals surface area (Å²) in [7, 11) is 0. The maximum atomic E-state index is 7.47. The van der Waals surface area contributed by atoms with Crippen LogP contribution in [0, 0.1) is 6.57 Å². The van der Waals surface area contributed by atoms with E-state index in [1.54, 1.807) is 0 Å². The SMILES string of the molecule is [C-]#[N+]c1ccc(N(c2ccc(-c3ccccc3)cc2)c2cc[c]([Ge]([c]3ccccc3)([c]3ccccc3)[c]3ccccc3)cc2)cc1. The molecule has 218 valence electrons. The Kier molecular flexibility index (Phi) is 8.33. The summed E-state index contributed by atoms with van der Waals surface area (Å²) in [5.41, 5.74) is 6.13. The molecule has 2 nitrogen and oxygen atoms in total. The molecule has 0 aliphatic rings. The molecule has 0 spiro atoms. The van der Waals surface area contributed by atoms with Crippen LogP contribution >= 0.6 is 0 Å². The molecular weight excluding hydrogens is 617 g/mol. The Hall–Kier alpha value is -5.63.